The van der Waals surface area contributed by atoms with Crippen LogP contribution in [0.5, 0.6) is 0 Å². The van der Waals surface area contributed by atoms with Crippen LogP contribution in [0.4, 0.5) is 0 Å². The van der Waals surface area contributed by atoms with Crippen LogP contribution in [-0.2, 0) is 4.79 Å². The first-order chi connectivity index (χ1) is 9.72. The van der Waals surface area contributed by atoms with Gasteiger partial charge in [0, 0.05) is 0 Å². The van der Waals surface area contributed by atoms with Crippen LogP contribution < -0.4 is 5.32 Å². The summed E-state index contributed by atoms with van der Waals surface area (Å²) < 4.78 is 0. The van der Waals surface area contributed by atoms with Gasteiger partial charge in [0.05, 0.1) is 6.54 Å². The van der Waals surface area contributed by atoms with Crippen LogP contribution >= 0.6 is 0 Å². The first-order valence-corrected chi connectivity index (χ1v) is 6.27. The molecule has 2 rings (SSSR count). The van der Waals surface area contributed by atoms with E-state index in [1.807, 2.05) is 54.6 Å². The van der Waals surface area contributed by atoms with E-state index in [-0.39, 0.29) is 6.54 Å². The van der Waals surface area contributed by atoms with Crippen molar-refractivity contribution in [3.8, 4) is 23.5 Å². The highest BCUT2D eigenvalue weighted by Gasteiger charge is 2.18. The monoisotopic (exact) mass is 265 g/mol. The van der Waals surface area contributed by atoms with E-state index in [1.54, 1.807) is 0 Å². The summed E-state index contributed by atoms with van der Waals surface area (Å²) in [5.41, 5.74) is 2.84. The number of rotatable bonds is 5. The Kier molecular flexibility index (Phi) is 4.54. The molecule has 0 saturated carbocycles. The van der Waals surface area contributed by atoms with E-state index >= 15 is 0 Å². The normalized spacial score (nSPS) is 11.6. The average Bonchev–Trinajstić information content (AvgIpc) is 2.49. The molecule has 20 heavy (non-hydrogen) atoms. The molecule has 1 atom stereocenters. The van der Waals surface area contributed by atoms with Crippen molar-refractivity contribution in [2.45, 2.75) is 6.04 Å². The minimum absolute atomic E-state index is 0.220. The Labute approximate surface area is 118 Å². The summed E-state index contributed by atoms with van der Waals surface area (Å²) in [4.78, 5) is 11.2. The molecule has 0 aliphatic carbocycles. The lowest BCUT2D eigenvalue weighted by molar-refractivity contribution is -0.139. The molecule has 0 amide bonds. The van der Waals surface area contributed by atoms with Crippen molar-refractivity contribution < 1.29 is 9.90 Å². The van der Waals surface area contributed by atoms with Crippen molar-refractivity contribution in [1.82, 2.24) is 5.32 Å². The van der Waals surface area contributed by atoms with Gasteiger partial charge in [-0.05, 0) is 16.7 Å². The number of carboxylic acids is 1. The molecule has 3 heteroatoms. The predicted octanol–water partition coefficient (Wildman–Crippen LogP) is 2.70. The minimum atomic E-state index is -0.937. The van der Waals surface area contributed by atoms with Gasteiger partial charge in [-0.3, -0.25) is 10.1 Å². The summed E-state index contributed by atoms with van der Waals surface area (Å²) in [5, 5.41) is 12.0. The van der Waals surface area contributed by atoms with Crippen LogP contribution in [0.3, 0.4) is 0 Å². The number of nitrogens with one attached hydrogen (secondary N) is 1. The average molecular weight is 265 g/mol. The highest BCUT2D eigenvalue weighted by atomic mass is 16.4. The van der Waals surface area contributed by atoms with Crippen molar-refractivity contribution in [3.05, 3.63) is 60.2 Å². The van der Waals surface area contributed by atoms with Crippen LogP contribution in [-0.4, -0.2) is 17.6 Å². The minimum Gasteiger partial charge on any atom is -0.480 e. The van der Waals surface area contributed by atoms with Gasteiger partial charge in [0.1, 0.15) is 6.04 Å². The largest absolute Gasteiger partial charge is 0.480 e. The van der Waals surface area contributed by atoms with E-state index in [1.165, 1.54) is 0 Å². The van der Waals surface area contributed by atoms with Gasteiger partial charge in [-0.15, -0.1) is 6.42 Å². The van der Waals surface area contributed by atoms with E-state index in [4.69, 9.17) is 6.42 Å². The fourth-order valence-electron chi connectivity index (χ4n) is 2.01. The summed E-state index contributed by atoms with van der Waals surface area (Å²) >= 11 is 0. The van der Waals surface area contributed by atoms with Gasteiger partial charge < -0.3 is 5.11 Å². The molecule has 0 heterocycles. The first kappa shape index (κ1) is 13.9. The Morgan fingerprint density at radius 3 is 2.25 bits per heavy atom. The zero-order valence-electron chi connectivity index (χ0n) is 10.9. The van der Waals surface area contributed by atoms with Gasteiger partial charge in [-0.1, -0.05) is 60.5 Å². The number of carboxylic acid groups (broad SMARTS) is 1. The van der Waals surface area contributed by atoms with E-state index in [2.05, 4.69) is 11.2 Å². The molecule has 0 aliphatic heterocycles. The maximum atomic E-state index is 11.2. The van der Waals surface area contributed by atoms with Gasteiger partial charge in [-0.2, -0.15) is 0 Å². The molecule has 0 aromatic heterocycles. The molecule has 0 spiro atoms. The Balaban J connectivity index is 2.23. The third-order valence-electron chi connectivity index (χ3n) is 3.01. The number of carbonyl (C=O) groups is 1. The second kappa shape index (κ2) is 6.55. The topological polar surface area (TPSA) is 49.3 Å². The van der Waals surface area contributed by atoms with E-state index in [0.717, 1.165) is 11.1 Å². The van der Waals surface area contributed by atoms with Gasteiger partial charge in [-0.25, -0.2) is 0 Å². The Morgan fingerprint density at radius 2 is 1.70 bits per heavy atom. The predicted molar refractivity (Wildman–Crippen MR) is 79.1 cm³/mol. The Hall–Kier alpha value is -2.57. The lowest BCUT2D eigenvalue weighted by Crippen LogP contribution is -2.28. The van der Waals surface area contributed by atoms with Crippen LogP contribution in [0, 0.1) is 12.3 Å². The molecule has 2 aromatic rings. The molecule has 2 N–H and O–H groups in total. The third kappa shape index (κ3) is 3.25. The maximum absolute atomic E-state index is 11.2. The maximum Gasteiger partial charge on any atom is 0.325 e. The summed E-state index contributed by atoms with van der Waals surface area (Å²) in [6.07, 6.45) is 5.15. The van der Waals surface area contributed by atoms with Crippen molar-refractivity contribution in [1.29, 1.82) is 0 Å². The molecule has 0 saturated heterocycles. The third-order valence-corrected chi connectivity index (χ3v) is 3.01. The fourth-order valence-corrected chi connectivity index (χ4v) is 2.01. The lowest BCUT2D eigenvalue weighted by atomic mass is 10.0. The zero-order chi connectivity index (χ0) is 14.4. The van der Waals surface area contributed by atoms with Crippen molar-refractivity contribution in [2.24, 2.45) is 0 Å². The number of terminal acetylenes is 1. The van der Waals surface area contributed by atoms with E-state index < -0.39 is 12.0 Å². The number of hydrogen-bond acceptors (Lipinski definition) is 2. The second-order valence-electron chi connectivity index (χ2n) is 4.34. The molecular formula is C17H15NO2. The summed E-state index contributed by atoms with van der Waals surface area (Å²) in [6, 6.07) is 16.6. The summed E-state index contributed by atoms with van der Waals surface area (Å²) in [5.74, 6) is 1.45. The van der Waals surface area contributed by atoms with Crippen LogP contribution in [0.15, 0.2) is 54.6 Å². The first-order valence-electron chi connectivity index (χ1n) is 6.27. The molecule has 1 unspecified atom stereocenters. The fraction of sp³-hybridized carbons (Fsp3) is 0.118. The second-order valence-corrected chi connectivity index (χ2v) is 4.34. The highest BCUT2D eigenvalue weighted by molar-refractivity contribution is 5.76. The van der Waals surface area contributed by atoms with Gasteiger partial charge >= 0.3 is 5.97 Å². The van der Waals surface area contributed by atoms with Gasteiger partial charge in [0.25, 0.3) is 0 Å². The Bertz CT molecular complexity index is 612. The number of benzene rings is 2. The quantitative estimate of drug-likeness (QED) is 0.817. The van der Waals surface area contributed by atoms with Crippen molar-refractivity contribution in [3.63, 3.8) is 0 Å². The molecule has 0 bridgehead atoms. The highest BCUT2D eigenvalue weighted by Crippen LogP contribution is 2.21. The molecule has 2 aromatic carbocycles. The van der Waals surface area contributed by atoms with Crippen LogP contribution in [0.2, 0.25) is 0 Å². The molecule has 100 valence electrons. The smallest absolute Gasteiger partial charge is 0.325 e. The molecule has 3 nitrogen and oxygen atoms in total. The van der Waals surface area contributed by atoms with Gasteiger partial charge in [0.15, 0.2) is 0 Å². The van der Waals surface area contributed by atoms with Crippen LogP contribution in [0.25, 0.3) is 11.1 Å². The Morgan fingerprint density at radius 1 is 1.10 bits per heavy atom. The summed E-state index contributed by atoms with van der Waals surface area (Å²) in [6.45, 7) is 0.220. The molecular weight excluding hydrogens is 250 g/mol. The van der Waals surface area contributed by atoms with E-state index in [9.17, 15) is 9.90 Å². The van der Waals surface area contributed by atoms with Crippen molar-refractivity contribution >= 4 is 5.97 Å². The van der Waals surface area contributed by atoms with Crippen molar-refractivity contribution in [2.75, 3.05) is 6.54 Å². The van der Waals surface area contributed by atoms with Crippen LogP contribution in [0.1, 0.15) is 11.6 Å². The standard InChI is InChI=1S/C17H15NO2/c1-2-12-18-16(17(19)20)15-10-8-14(9-11-15)13-6-4-3-5-7-13/h1,3-11,16,18H,12H2,(H,19,20). The molecule has 0 radical (unpaired) electrons. The number of hydrogen-bond donors (Lipinski definition) is 2. The lowest BCUT2D eigenvalue weighted by Gasteiger charge is -2.13. The summed E-state index contributed by atoms with van der Waals surface area (Å²) in [7, 11) is 0. The zero-order valence-corrected chi connectivity index (χ0v) is 10.9. The molecule has 0 fully saturated rings. The number of aliphatic carboxylic acids is 1. The van der Waals surface area contributed by atoms with Gasteiger partial charge in [0.2, 0.25) is 0 Å². The van der Waals surface area contributed by atoms with E-state index in [0.29, 0.717) is 5.56 Å². The molecule has 0 aliphatic rings. The SMILES string of the molecule is C#CCNC(C(=O)O)c1ccc(-c2ccccc2)cc1.